The van der Waals surface area contributed by atoms with Crippen LogP contribution in [0.3, 0.4) is 0 Å². The number of amides is 2. The Hall–Kier alpha value is -2.30. The molecule has 0 bridgehead atoms. The van der Waals surface area contributed by atoms with E-state index in [-0.39, 0.29) is 11.6 Å². The maximum absolute atomic E-state index is 12.3. The van der Waals surface area contributed by atoms with E-state index < -0.39 is 0 Å². The molecule has 1 aromatic carbocycles. The standard InChI is InChI=1S/C17H22N4O/c1-4-14-9-15(21(3)20-14)18-16(22)19-17(2)10-12-7-5-6-8-13(12)11-17/h5-9H,4,10-11H2,1-3H3,(H2,18,19,22). The molecule has 1 aliphatic rings. The lowest BCUT2D eigenvalue weighted by molar-refractivity contribution is 0.240. The number of carbonyl (C=O) groups is 1. The molecule has 5 heteroatoms. The number of rotatable bonds is 3. The Morgan fingerprint density at radius 3 is 2.50 bits per heavy atom. The number of urea groups is 1. The van der Waals surface area contributed by atoms with E-state index in [9.17, 15) is 4.79 Å². The van der Waals surface area contributed by atoms with Crippen LogP contribution in [0, 0.1) is 0 Å². The molecule has 0 atom stereocenters. The highest BCUT2D eigenvalue weighted by molar-refractivity contribution is 5.89. The number of fused-ring (bicyclic) bond motifs is 1. The van der Waals surface area contributed by atoms with Gasteiger partial charge in [-0.2, -0.15) is 5.10 Å². The molecule has 1 aliphatic carbocycles. The van der Waals surface area contributed by atoms with Crippen LogP contribution >= 0.6 is 0 Å². The van der Waals surface area contributed by atoms with Crippen LogP contribution < -0.4 is 10.6 Å². The highest BCUT2D eigenvalue weighted by Gasteiger charge is 2.34. The number of nitrogens with one attached hydrogen (secondary N) is 2. The number of hydrogen-bond acceptors (Lipinski definition) is 2. The zero-order valence-electron chi connectivity index (χ0n) is 13.3. The fourth-order valence-corrected chi connectivity index (χ4v) is 3.13. The van der Waals surface area contributed by atoms with Crippen LogP contribution in [0.4, 0.5) is 10.6 Å². The second kappa shape index (κ2) is 5.48. The van der Waals surface area contributed by atoms with Crippen molar-refractivity contribution in [1.29, 1.82) is 0 Å². The minimum Gasteiger partial charge on any atom is -0.332 e. The minimum absolute atomic E-state index is 0.180. The zero-order chi connectivity index (χ0) is 15.7. The predicted molar refractivity (Wildman–Crippen MR) is 87.0 cm³/mol. The summed E-state index contributed by atoms with van der Waals surface area (Å²) in [5.74, 6) is 0.716. The molecule has 5 nitrogen and oxygen atoms in total. The molecule has 2 N–H and O–H groups in total. The van der Waals surface area contributed by atoms with Gasteiger partial charge in [0.15, 0.2) is 0 Å². The molecule has 1 heterocycles. The first-order chi connectivity index (χ1) is 10.5. The van der Waals surface area contributed by atoms with Crippen LogP contribution in [0.5, 0.6) is 0 Å². The molecule has 3 rings (SSSR count). The molecule has 0 aliphatic heterocycles. The Kier molecular flexibility index (Phi) is 3.64. The summed E-state index contributed by atoms with van der Waals surface area (Å²) in [5.41, 5.74) is 3.37. The maximum Gasteiger partial charge on any atom is 0.320 e. The van der Waals surface area contributed by atoms with Crippen molar-refractivity contribution in [1.82, 2.24) is 15.1 Å². The van der Waals surface area contributed by atoms with Gasteiger partial charge in [-0.1, -0.05) is 31.2 Å². The molecular formula is C17H22N4O. The molecule has 0 spiro atoms. The Bertz CT molecular complexity index is 679. The average molecular weight is 298 g/mol. The van der Waals surface area contributed by atoms with Crippen LogP contribution in [0.15, 0.2) is 30.3 Å². The summed E-state index contributed by atoms with van der Waals surface area (Å²) in [6.07, 6.45) is 2.58. The predicted octanol–water partition coefficient (Wildman–Crippen LogP) is 2.66. The molecule has 2 amide bonds. The molecule has 116 valence electrons. The number of nitrogens with zero attached hydrogens (tertiary/aromatic N) is 2. The van der Waals surface area contributed by atoms with Gasteiger partial charge in [-0.3, -0.25) is 10.00 Å². The summed E-state index contributed by atoms with van der Waals surface area (Å²) in [6.45, 7) is 4.14. The first-order valence-electron chi connectivity index (χ1n) is 7.68. The van der Waals surface area contributed by atoms with Crippen LogP contribution in [-0.4, -0.2) is 21.4 Å². The van der Waals surface area contributed by atoms with Gasteiger partial charge in [-0.25, -0.2) is 4.79 Å². The first kappa shape index (κ1) is 14.6. The number of hydrogen-bond donors (Lipinski definition) is 2. The molecule has 0 saturated carbocycles. The van der Waals surface area contributed by atoms with E-state index in [4.69, 9.17) is 0 Å². The summed E-state index contributed by atoms with van der Waals surface area (Å²) >= 11 is 0. The quantitative estimate of drug-likeness (QED) is 0.915. The normalized spacial score (nSPS) is 15.4. The summed E-state index contributed by atoms with van der Waals surface area (Å²) < 4.78 is 1.70. The van der Waals surface area contributed by atoms with Crippen LogP contribution in [0.1, 0.15) is 30.7 Å². The van der Waals surface area contributed by atoms with E-state index in [1.165, 1.54) is 11.1 Å². The van der Waals surface area contributed by atoms with Gasteiger partial charge in [0, 0.05) is 18.7 Å². The maximum atomic E-state index is 12.3. The largest absolute Gasteiger partial charge is 0.332 e. The van der Waals surface area contributed by atoms with Gasteiger partial charge in [-0.05, 0) is 37.3 Å². The second-order valence-electron chi connectivity index (χ2n) is 6.26. The number of aromatic nitrogens is 2. The molecule has 0 saturated heterocycles. The molecule has 1 aromatic heterocycles. The van der Waals surface area contributed by atoms with Crippen molar-refractivity contribution in [2.24, 2.45) is 7.05 Å². The smallest absolute Gasteiger partial charge is 0.320 e. The van der Waals surface area contributed by atoms with E-state index in [0.717, 1.165) is 25.0 Å². The highest BCUT2D eigenvalue weighted by atomic mass is 16.2. The van der Waals surface area contributed by atoms with Gasteiger partial charge in [0.1, 0.15) is 5.82 Å². The lowest BCUT2D eigenvalue weighted by Crippen LogP contribution is -2.48. The van der Waals surface area contributed by atoms with Crippen molar-refractivity contribution < 1.29 is 4.79 Å². The number of anilines is 1. The van der Waals surface area contributed by atoms with Gasteiger partial charge in [0.2, 0.25) is 0 Å². The van der Waals surface area contributed by atoms with E-state index in [1.54, 1.807) is 4.68 Å². The van der Waals surface area contributed by atoms with Crippen LogP contribution in [0.25, 0.3) is 0 Å². The third-order valence-electron chi connectivity index (χ3n) is 4.23. The second-order valence-corrected chi connectivity index (χ2v) is 6.26. The van der Waals surface area contributed by atoms with Crippen molar-refractivity contribution in [2.75, 3.05) is 5.32 Å². The fraction of sp³-hybridized carbons (Fsp3) is 0.412. The third-order valence-corrected chi connectivity index (χ3v) is 4.23. The molecular weight excluding hydrogens is 276 g/mol. The summed E-state index contributed by atoms with van der Waals surface area (Å²) in [7, 11) is 1.84. The van der Waals surface area contributed by atoms with Gasteiger partial charge >= 0.3 is 6.03 Å². The average Bonchev–Trinajstić information content (AvgIpc) is 2.97. The number of aryl methyl sites for hydroxylation is 2. The van der Waals surface area contributed by atoms with Gasteiger partial charge < -0.3 is 5.32 Å². The molecule has 0 unspecified atom stereocenters. The van der Waals surface area contributed by atoms with Gasteiger partial charge in [-0.15, -0.1) is 0 Å². The van der Waals surface area contributed by atoms with Crippen molar-refractivity contribution in [3.05, 3.63) is 47.2 Å². The Morgan fingerprint density at radius 2 is 1.95 bits per heavy atom. The third kappa shape index (κ3) is 2.84. The SMILES string of the molecule is CCc1cc(NC(=O)NC2(C)Cc3ccccc3C2)n(C)n1. The lowest BCUT2D eigenvalue weighted by atomic mass is 9.99. The number of carbonyl (C=O) groups excluding carboxylic acids is 1. The van der Waals surface area contributed by atoms with Gasteiger partial charge in [0.25, 0.3) is 0 Å². The Morgan fingerprint density at radius 1 is 1.32 bits per heavy atom. The Balaban J connectivity index is 1.66. The van der Waals surface area contributed by atoms with E-state index >= 15 is 0 Å². The molecule has 22 heavy (non-hydrogen) atoms. The van der Waals surface area contributed by atoms with Crippen molar-refractivity contribution in [2.45, 2.75) is 38.6 Å². The van der Waals surface area contributed by atoms with Gasteiger partial charge in [0.05, 0.1) is 5.69 Å². The van der Waals surface area contributed by atoms with E-state index in [0.29, 0.717) is 5.82 Å². The monoisotopic (exact) mass is 298 g/mol. The van der Waals surface area contributed by atoms with E-state index in [1.807, 2.05) is 32.2 Å². The molecule has 0 radical (unpaired) electrons. The van der Waals surface area contributed by atoms with Crippen molar-refractivity contribution in [3.8, 4) is 0 Å². The minimum atomic E-state index is -0.236. The van der Waals surface area contributed by atoms with Crippen LogP contribution in [-0.2, 0) is 26.3 Å². The lowest BCUT2D eigenvalue weighted by Gasteiger charge is -2.25. The summed E-state index contributed by atoms with van der Waals surface area (Å²) in [6, 6.07) is 10.1. The summed E-state index contributed by atoms with van der Waals surface area (Å²) in [5, 5.41) is 10.3. The first-order valence-corrected chi connectivity index (χ1v) is 7.68. The highest BCUT2D eigenvalue weighted by Crippen LogP contribution is 2.29. The molecule has 0 fully saturated rings. The Labute approximate surface area is 130 Å². The fourth-order valence-electron chi connectivity index (χ4n) is 3.13. The molecule has 2 aromatic rings. The van der Waals surface area contributed by atoms with Crippen molar-refractivity contribution in [3.63, 3.8) is 0 Å². The van der Waals surface area contributed by atoms with Crippen LogP contribution in [0.2, 0.25) is 0 Å². The zero-order valence-corrected chi connectivity index (χ0v) is 13.3. The van der Waals surface area contributed by atoms with E-state index in [2.05, 4.69) is 34.8 Å². The van der Waals surface area contributed by atoms with Crippen molar-refractivity contribution >= 4 is 11.8 Å². The summed E-state index contributed by atoms with van der Waals surface area (Å²) in [4.78, 5) is 12.3. The topological polar surface area (TPSA) is 59.0 Å². The number of benzene rings is 1.